The van der Waals surface area contributed by atoms with E-state index in [1.807, 2.05) is 14.1 Å². The lowest BCUT2D eigenvalue weighted by atomic mass is 10.0. The Balaban J connectivity index is 4.04. The number of nitrogens with one attached hydrogen (secondary N) is 1. The standard InChI is InChI=1S/C11H26N2O2S/c1-6-16(14,15)8-7-12-11(10(2)3)9-13(4)5/h10-12H,6-9H2,1-5H3. The zero-order valence-corrected chi connectivity index (χ0v) is 12.0. The fraction of sp³-hybridized carbons (Fsp3) is 1.00. The zero-order valence-electron chi connectivity index (χ0n) is 11.2. The van der Waals surface area contributed by atoms with Crippen LogP contribution in [0.15, 0.2) is 0 Å². The Hall–Kier alpha value is -0.130. The molecule has 1 unspecified atom stereocenters. The van der Waals surface area contributed by atoms with Crippen LogP contribution in [0.3, 0.4) is 0 Å². The Kier molecular flexibility index (Phi) is 7.19. The van der Waals surface area contributed by atoms with Gasteiger partial charge in [-0.15, -0.1) is 0 Å². The van der Waals surface area contributed by atoms with E-state index in [4.69, 9.17) is 0 Å². The van der Waals surface area contributed by atoms with Crippen LogP contribution in [0, 0.1) is 5.92 Å². The van der Waals surface area contributed by atoms with Crippen molar-refractivity contribution in [1.82, 2.24) is 10.2 Å². The van der Waals surface area contributed by atoms with Crippen molar-refractivity contribution in [1.29, 1.82) is 0 Å². The van der Waals surface area contributed by atoms with Gasteiger partial charge in [-0.3, -0.25) is 0 Å². The van der Waals surface area contributed by atoms with Crippen molar-refractivity contribution in [2.75, 3.05) is 38.7 Å². The van der Waals surface area contributed by atoms with Gasteiger partial charge in [0.25, 0.3) is 0 Å². The second kappa shape index (κ2) is 7.25. The lowest BCUT2D eigenvalue weighted by Gasteiger charge is -2.25. The fourth-order valence-corrected chi connectivity index (χ4v) is 2.17. The van der Waals surface area contributed by atoms with Gasteiger partial charge in [-0.25, -0.2) is 8.42 Å². The highest BCUT2D eigenvalue weighted by Gasteiger charge is 2.15. The maximum Gasteiger partial charge on any atom is 0.151 e. The number of hydrogen-bond donors (Lipinski definition) is 1. The number of nitrogens with zero attached hydrogens (tertiary/aromatic N) is 1. The van der Waals surface area contributed by atoms with Crippen molar-refractivity contribution < 1.29 is 8.42 Å². The topological polar surface area (TPSA) is 49.4 Å². The van der Waals surface area contributed by atoms with Crippen LogP contribution in [0.2, 0.25) is 0 Å². The van der Waals surface area contributed by atoms with E-state index >= 15 is 0 Å². The molecule has 16 heavy (non-hydrogen) atoms. The molecular weight excluding hydrogens is 224 g/mol. The molecule has 0 spiro atoms. The second-order valence-electron chi connectivity index (χ2n) is 4.80. The summed E-state index contributed by atoms with van der Waals surface area (Å²) in [5, 5.41) is 3.32. The zero-order chi connectivity index (χ0) is 12.8. The number of sulfone groups is 1. The molecule has 0 aliphatic heterocycles. The first-order chi connectivity index (χ1) is 7.28. The van der Waals surface area contributed by atoms with Gasteiger partial charge < -0.3 is 10.2 Å². The number of hydrogen-bond acceptors (Lipinski definition) is 4. The lowest BCUT2D eigenvalue weighted by molar-refractivity contribution is 0.293. The summed E-state index contributed by atoms with van der Waals surface area (Å²) in [6, 6.07) is 0.349. The fourth-order valence-electron chi connectivity index (χ4n) is 1.45. The van der Waals surface area contributed by atoms with Gasteiger partial charge in [0, 0.05) is 24.9 Å². The van der Waals surface area contributed by atoms with Crippen LogP contribution in [0.1, 0.15) is 20.8 Å². The first-order valence-corrected chi connectivity index (χ1v) is 7.69. The van der Waals surface area contributed by atoms with Gasteiger partial charge in [0.1, 0.15) is 0 Å². The summed E-state index contributed by atoms with van der Waals surface area (Å²) in [4.78, 5) is 2.12. The molecule has 0 heterocycles. The quantitative estimate of drug-likeness (QED) is 0.685. The van der Waals surface area contributed by atoms with E-state index < -0.39 is 9.84 Å². The van der Waals surface area contributed by atoms with E-state index in [0.717, 1.165) is 6.54 Å². The normalized spacial score (nSPS) is 14.7. The molecule has 98 valence electrons. The monoisotopic (exact) mass is 250 g/mol. The lowest BCUT2D eigenvalue weighted by Crippen LogP contribution is -2.43. The molecule has 0 saturated carbocycles. The molecular formula is C11H26N2O2S. The van der Waals surface area contributed by atoms with E-state index in [0.29, 0.717) is 18.5 Å². The Morgan fingerprint density at radius 3 is 2.19 bits per heavy atom. The van der Waals surface area contributed by atoms with Gasteiger partial charge >= 0.3 is 0 Å². The van der Waals surface area contributed by atoms with Gasteiger partial charge in [0.05, 0.1) is 5.75 Å². The van der Waals surface area contributed by atoms with Crippen molar-refractivity contribution in [3.8, 4) is 0 Å². The Morgan fingerprint density at radius 1 is 1.25 bits per heavy atom. The number of likely N-dealkylation sites (N-methyl/N-ethyl adjacent to an activating group) is 1. The summed E-state index contributed by atoms with van der Waals surface area (Å²) in [6.45, 7) is 7.47. The smallest absolute Gasteiger partial charge is 0.151 e. The molecule has 1 atom stereocenters. The van der Waals surface area contributed by atoms with Crippen molar-refractivity contribution in [3.63, 3.8) is 0 Å². The van der Waals surface area contributed by atoms with Gasteiger partial charge in [0.2, 0.25) is 0 Å². The molecule has 0 fully saturated rings. The molecule has 0 rings (SSSR count). The van der Waals surface area contributed by atoms with Crippen LogP contribution >= 0.6 is 0 Å². The molecule has 0 aromatic carbocycles. The largest absolute Gasteiger partial charge is 0.311 e. The Bertz CT molecular complexity index is 274. The van der Waals surface area contributed by atoms with Crippen LogP contribution in [-0.2, 0) is 9.84 Å². The highest BCUT2D eigenvalue weighted by molar-refractivity contribution is 7.91. The van der Waals surface area contributed by atoms with Crippen molar-refractivity contribution in [2.45, 2.75) is 26.8 Å². The maximum absolute atomic E-state index is 11.3. The highest BCUT2D eigenvalue weighted by atomic mass is 32.2. The Labute approximate surface area is 100 Å². The Morgan fingerprint density at radius 2 is 1.81 bits per heavy atom. The van der Waals surface area contributed by atoms with Crippen molar-refractivity contribution in [2.24, 2.45) is 5.92 Å². The summed E-state index contributed by atoms with van der Waals surface area (Å²) in [6.07, 6.45) is 0. The van der Waals surface area contributed by atoms with Crippen LogP contribution in [0.5, 0.6) is 0 Å². The average molecular weight is 250 g/mol. The van der Waals surface area contributed by atoms with Gasteiger partial charge in [-0.05, 0) is 20.0 Å². The van der Waals surface area contributed by atoms with Crippen LogP contribution in [-0.4, -0.2) is 58.1 Å². The molecule has 0 saturated heterocycles. The van der Waals surface area contributed by atoms with Crippen LogP contribution < -0.4 is 5.32 Å². The van der Waals surface area contributed by atoms with E-state index in [-0.39, 0.29) is 11.5 Å². The molecule has 4 nitrogen and oxygen atoms in total. The highest BCUT2D eigenvalue weighted by Crippen LogP contribution is 2.02. The van der Waals surface area contributed by atoms with Gasteiger partial charge in [0.15, 0.2) is 9.84 Å². The third kappa shape index (κ3) is 7.19. The molecule has 5 heteroatoms. The summed E-state index contributed by atoms with van der Waals surface area (Å²) in [5.74, 6) is 0.973. The van der Waals surface area contributed by atoms with Crippen molar-refractivity contribution in [3.05, 3.63) is 0 Å². The third-order valence-electron chi connectivity index (χ3n) is 2.63. The first kappa shape index (κ1) is 15.9. The summed E-state index contributed by atoms with van der Waals surface area (Å²) < 4.78 is 22.6. The maximum atomic E-state index is 11.3. The second-order valence-corrected chi connectivity index (χ2v) is 7.28. The molecule has 0 aliphatic rings. The third-order valence-corrected chi connectivity index (χ3v) is 4.33. The van der Waals surface area contributed by atoms with Crippen LogP contribution in [0.4, 0.5) is 0 Å². The van der Waals surface area contributed by atoms with Crippen molar-refractivity contribution >= 4 is 9.84 Å². The van der Waals surface area contributed by atoms with Gasteiger partial charge in [-0.1, -0.05) is 20.8 Å². The molecule has 0 radical (unpaired) electrons. The summed E-state index contributed by atoms with van der Waals surface area (Å²) in [7, 11) is 1.21. The summed E-state index contributed by atoms with van der Waals surface area (Å²) in [5.41, 5.74) is 0. The molecule has 1 N–H and O–H groups in total. The molecule has 0 amide bonds. The van der Waals surface area contributed by atoms with E-state index in [2.05, 4.69) is 24.1 Å². The SMILES string of the molecule is CCS(=O)(=O)CCNC(CN(C)C)C(C)C. The number of rotatable bonds is 8. The van der Waals surface area contributed by atoms with Crippen LogP contribution in [0.25, 0.3) is 0 Å². The predicted molar refractivity (Wildman–Crippen MR) is 69.5 cm³/mol. The van der Waals surface area contributed by atoms with E-state index in [1.165, 1.54) is 0 Å². The minimum Gasteiger partial charge on any atom is -0.311 e. The molecule has 0 aliphatic carbocycles. The average Bonchev–Trinajstić information content (AvgIpc) is 2.15. The minimum absolute atomic E-state index is 0.231. The van der Waals surface area contributed by atoms with Gasteiger partial charge in [-0.2, -0.15) is 0 Å². The molecule has 0 aromatic rings. The van der Waals surface area contributed by atoms with E-state index in [1.54, 1.807) is 6.92 Å². The predicted octanol–water partition coefficient (Wildman–Crippen LogP) is 0.597. The minimum atomic E-state index is -2.85. The molecule has 0 bridgehead atoms. The summed E-state index contributed by atoms with van der Waals surface area (Å²) >= 11 is 0. The van der Waals surface area contributed by atoms with E-state index in [9.17, 15) is 8.42 Å². The first-order valence-electron chi connectivity index (χ1n) is 5.87. The molecule has 0 aromatic heterocycles.